The molecule has 2 N–H and O–H groups in total. The van der Waals surface area contributed by atoms with Crippen LogP contribution in [0.3, 0.4) is 0 Å². The Morgan fingerprint density at radius 1 is 0.690 bits per heavy atom. The number of aryl methyl sites for hydroxylation is 2. The molecule has 0 amide bonds. The first kappa shape index (κ1) is 19.2. The van der Waals surface area contributed by atoms with Crippen molar-refractivity contribution in [3.05, 3.63) is 83.6 Å². The molecule has 0 aliphatic carbocycles. The molecule has 3 aliphatic heterocycles. The Bertz CT molecular complexity index is 863. The number of nitrogens with zero attached hydrogens (tertiary/aromatic N) is 2. The van der Waals surface area contributed by atoms with Crippen molar-refractivity contribution in [2.24, 2.45) is 4.99 Å². The van der Waals surface area contributed by atoms with Gasteiger partial charge in [-0.1, -0.05) is 42.5 Å². The maximum atomic E-state index is 4.21. The van der Waals surface area contributed by atoms with Crippen molar-refractivity contribution in [2.75, 3.05) is 23.7 Å². The molecule has 6 rings (SSSR count). The average molecular weight is 385 g/mol. The van der Waals surface area contributed by atoms with E-state index in [0.29, 0.717) is 0 Å². The molecular weight excluding hydrogens is 356 g/mol. The number of aromatic nitrogens is 1. The van der Waals surface area contributed by atoms with Crippen LogP contribution in [0.1, 0.15) is 29.5 Å². The predicted octanol–water partition coefficient (Wildman–Crippen LogP) is 5.43. The molecule has 1 aromatic heterocycles. The predicted molar refractivity (Wildman–Crippen MR) is 123 cm³/mol. The third-order valence-corrected chi connectivity index (χ3v) is 5.30. The molecule has 0 saturated heterocycles. The SMILES string of the molecule is C1=Nc2ccccc2C1.c1ccc2c(c1)CCCN2.c1cnc2c(c1)CCCN2. The topological polar surface area (TPSA) is 49.3 Å². The highest BCUT2D eigenvalue weighted by molar-refractivity contribution is 5.75. The van der Waals surface area contributed by atoms with Crippen LogP contribution in [0.2, 0.25) is 0 Å². The Kier molecular flexibility index (Phi) is 6.53. The van der Waals surface area contributed by atoms with E-state index < -0.39 is 0 Å². The Morgan fingerprint density at radius 3 is 2.24 bits per heavy atom. The van der Waals surface area contributed by atoms with E-state index in [4.69, 9.17) is 0 Å². The van der Waals surface area contributed by atoms with Crippen LogP contribution >= 0.6 is 0 Å². The van der Waals surface area contributed by atoms with E-state index in [1.165, 1.54) is 48.1 Å². The van der Waals surface area contributed by atoms with Crippen LogP contribution < -0.4 is 10.6 Å². The molecule has 0 saturated carbocycles. The number of rotatable bonds is 0. The van der Waals surface area contributed by atoms with Crippen LogP contribution in [-0.2, 0) is 19.3 Å². The molecule has 2 aromatic carbocycles. The maximum Gasteiger partial charge on any atom is 0.129 e. The van der Waals surface area contributed by atoms with Gasteiger partial charge in [0.25, 0.3) is 0 Å². The number of fused-ring (bicyclic) bond motifs is 3. The third-order valence-electron chi connectivity index (χ3n) is 5.30. The quantitative estimate of drug-likeness (QED) is 0.543. The van der Waals surface area contributed by atoms with E-state index in [2.05, 4.69) is 57.0 Å². The smallest absolute Gasteiger partial charge is 0.129 e. The van der Waals surface area contributed by atoms with Gasteiger partial charge < -0.3 is 10.6 Å². The molecule has 3 aliphatic rings. The second-order valence-corrected chi connectivity index (χ2v) is 7.37. The summed E-state index contributed by atoms with van der Waals surface area (Å²) in [6.45, 7) is 2.21. The standard InChI is InChI=1S/C9H11N.C8H10N2.C8H7N/c1-2-6-9-8(4-1)5-3-7-10-9;1-3-7-4-2-6-10-8(7)9-5-1;1-2-4-8-7(3-1)5-6-9-8/h1-2,4,6,10H,3,5,7H2;1,3,5H,2,4,6H2,(H,9,10);1-4,6H,5H2. The molecule has 4 nitrogen and oxygen atoms in total. The van der Waals surface area contributed by atoms with Crippen molar-refractivity contribution in [2.45, 2.75) is 32.1 Å². The lowest BCUT2D eigenvalue weighted by Crippen LogP contribution is -2.12. The van der Waals surface area contributed by atoms with Crippen molar-refractivity contribution >= 4 is 23.4 Å². The van der Waals surface area contributed by atoms with Gasteiger partial charge in [-0.2, -0.15) is 0 Å². The minimum atomic E-state index is 1.01. The van der Waals surface area contributed by atoms with E-state index in [0.717, 1.165) is 31.0 Å². The zero-order valence-electron chi connectivity index (χ0n) is 16.8. The molecule has 0 fully saturated rings. The van der Waals surface area contributed by atoms with Gasteiger partial charge >= 0.3 is 0 Å². The van der Waals surface area contributed by atoms with Crippen molar-refractivity contribution in [3.63, 3.8) is 0 Å². The fraction of sp³-hybridized carbons (Fsp3) is 0.280. The zero-order valence-corrected chi connectivity index (χ0v) is 16.8. The Morgan fingerprint density at radius 2 is 1.41 bits per heavy atom. The Hall–Kier alpha value is -3.14. The number of aliphatic imine (C=N–C) groups is 1. The Balaban J connectivity index is 0.000000106. The number of benzene rings is 2. The Labute approximate surface area is 173 Å². The molecule has 0 bridgehead atoms. The van der Waals surface area contributed by atoms with Crippen molar-refractivity contribution < 1.29 is 0 Å². The summed E-state index contributed by atoms with van der Waals surface area (Å²) in [5.74, 6) is 1.08. The summed E-state index contributed by atoms with van der Waals surface area (Å²) in [5, 5.41) is 6.61. The first-order valence-electron chi connectivity index (χ1n) is 10.5. The van der Waals surface area contributed by atoms with Crippen LogP contribution in [0.4, 0.5) is 17.2 Å². The number of hydrogen-bond donors (Lipinski definition) is 2. The molecule has 29 heavy (non-hydrogen) atoms. The molecule has 0 radical (unpaired) electrons. The molecule has 0 spiro atoms. The van der Waals surface area contributed by atoms with E-state index in [1.807, 2.05) is 36.7 Å². The van der Waals surface area contributed by atoms with Crippen molar-refractivity contribution in [1.82, 2.24) is 4.98 Å². The maximum absolute atomic E-state index is 4.21. The molecule has 0 unspecified atom stereocenters. The van der Waals surface area contributed by atoms with Crippen LogP contribution in [0.15, 0.2) is 71.9 Å². The van der Waals surface area contributed by atoms with Crippen LogP contribution in [0.25, 0.3) is 0 Å². The van der Waals surface area contributed by atoms with E-state index in [9.17, 15) is 0 Å². The van der Waals surface area contributed by atoms with Gasteiger partial charge in [0.05, 0.1) is 5.69 Å². The highest BCUT2D eigenvalue weighted by atomic mass is 15.0. The number of pyridine rings is 1. The van der Waals surface area contributed by atoms with Crippen molar-refractivity contribution in [3.8, 4) is 0 Å². The third kappa shape index (κ3) is 5.23. The molecule has 3 aromatic rings. The van der Waals surface area contributed by atoms with Gasteiger partial charge in [0.1, 0.15) is 5.82 Å². The minimum absolute atomic E-state index is 1.01. The lowest BCUT2D eigenvalue weighted by molar-refractivity contribution is 0.818. The summed E-state index contributed by atoms with van der Waals surface area (Å²) >= 11 is 0. The number of para-hydroxylation sites is 2. The van der Waals surface area contributed by atoms with Gasteiger partial charge in [-0.15, -0.1) is 0 Å². The number of hydrogen-bond acceptors (Lipinski definition) is 4. The fourth-order valence-electron chi connectivity index (χ4n) is 3.75. The number of nitrogens with one attached hydrogen (secondary N) is 2. The summed E-state index contributed by atoms with van der Waals surface area (Å²) < 4.78 is 0. The molecule has 4 heterocycles. The van der Waals surface area contributed by atoms with E-state index in [1.54, 1.807) is 0 Å². The fourth-order valence-corrected chi connectivity index (χ4v) is 3.75. The zero-order chi connectivity index (χ0) is 19.7. The van der Waals surface area contributed by atoms with Crippen LogP contribution in [0.5, 0.6) is 0 Å². The van der Waals surface area contributed by atoms with Gasteiger partial charge in [0.15, 0.2) is 0 Å². The minimum Gasteiger partial charge on any atom is -0.385 e. The first-order chi connectivity index (χ1) is 14.4. The van der Waals surface area contributed by atoms with Gasteiger partial charge in [-0.25, -0.2) is 4.98 Å². The van der Waals surface area contributed by atoms with E-state index >= 15 is 0 Å². The highest BCUT2D eigenvalue weighted by Crippen LogP contribution is 2.22. The first-order valence-corrected chi connectivity index (χ1v) is 10.5. The summed E-state index contributed by atoms with van der Waals surface area (Å²) in [4.78, 5) is 8.38. The lowest BCUT2D eigenvalue weighted by Gasteiger charge is -2.16. The highest BCUT2D eigenvalue weighted by Gasteiger charge is 2.07. The largest absolute Gasteiger partial charge is 0.385 e. The summed E-state index contributed by atoms with van der Waals surface area (Å²) in [7, 11) is 0. The lowest BCUT2D eigenvalue weighted by atomic mass is 10.0. The van der Waals surface area contributed by atoms with Crippen LogP contribution in [-0.4, -0.2) is 24.3 Å². The second kappa shape index (κ2) is 9.87. The summed E-state index contributed by atoms with van der Waals surface area (Å²) in [5.41, 5.74) is 6.63. The van der Waals surface area contributed by atoms with Gasteiger partial charge in [-0.05, 0) is 60.6 Å². The number of anilines is 2. The summed E-state index contributed by atoms with van der Waals surface area (Å²) in [6.07, 6.45) is 9.72. The monoisotopic (exact) mass is 384 g/mol. The normalized spacial score (nSPS) is 15.0. The molecule has 148 valence electrons. The van der Waals surface area contributed by atoms with E-state index in [-0.39, 0.29) is 0 Å². The van der Waals surface area contributed by atoms with Crippen LogP contribution in [0, 0.1) is 0 Å². The average Bonchev–Trinajstić information content (AvgIpc) is 3.29. The van der Waals surface area contributed by atoms with Gasteiger partial charge in [0.2, 0.25) is 0 Å². The molecule has 0 atom stereocenters. The van der Waals surface area contributed by atoms with Crippen molar-refractivity contribution in [1.29, 1.82) is 0 Å². The molecular formula is C25H28N4. The van der Waals surface area contributed by atoms with Gasteiger partial charge in [-0.3, -0.25) is 4.99 Å². The molecule has 4 heteroatoms. The second-order valence-electron chi connectivity index (χ2n) is 7.37. The van der Waals surface area contributed by atoms with Gasteiger partial charge in [0, 0.05) is 37.6 Å². The summed E-state index contributed by atoms with van der Waals surface area (Å²) in [6, 6.07) is 20.9.